The van der Waals surface area contributed by atoms with Crippen molar-refractivity contribution in [3.63, 3.8) is 0 Å². The van der Waals surface area contributed by atoms with Crippen molar-refractivity contribution in [2.75, 3.05) is 18.6 Å². The lowest BCUT2D eigenvalue weighted by molar-refractivity contribution is -0.125. The van der Waals surface area contributed by atoms with Gasteiger partial charge >= 0.3 is 7.60 Å². The van der Waals surface area contributed by atoms with E-state index in [1.165, 1.54) is 16.7 Å². The third kappa shape index (κ3) is 5.63. The smallest absolute Gasteiger partial charge is 0.344 e. The summed E-state index contributed by atoms with van der Waals surface area (Å²) in [7, 11) is -4.31. The molecule has 1 aromatic rings. The fourth-order valence-corrected chi connectivity index (χ4v) is 4.80. The SMILES string of the molecule is CC(C)(C)c1cc(/C=C2/SCCN(CP(=O)(O)O)C2=O)cc(C(C)(C)C)c1O. The van der Waals surface area contributed by atoms with Crippen molar-refractivity contribution in [3.8, 4) is 5.75 Å². The van der Waals surface area contributed by atoms with Gasteiger partial charge in [0, 0.05) is 23.4 Å². The van der Waals surface area contributed by atoms with Crippen LogP contribution in [0.4, 0.5) is 0 Å². The molecule has 1 aromatic carbocycles. The van der Waals surface area contributed by atoms with Gasteiger partial charge in [-0.25, -0.2) is 0 Å². The minimum Gasteiger partial charge on any atom is -0.507 e. The van der Waals surface area contributed by atoms with E-state index in [1.807, 2.05) is 53.7 Å². The van der Waals surface area contributed by atoms with E-state index in [2.05, 4.69) is 0 Å². The lowest BCUT2D eigenvalue weighted by Crippen LogP contribution is -2.37. The van der Waals surface area contributed by atoms with Gasteiger partial charge in [0.15, 0.2) is 0 Å². The van der Waals surface area contributed by atoms with Crippen molar-refractivity contribution >= 4 is 31.3 Å². The second kappa shape index (κ2) is 7.86. The third-order valence-electron chi connectivity index (χ3n) is 4.52. The maximum atomic E-state index is 12.7. The summed E-state index contributed by atoms with van der Waals surface area (Å²) >= 11 is 1.38. The van der Waals surface area contributed by atoms with Crippen LogP contribution in [0.1, 0.15) is 58.2 Å². The van der Waals surface area contributed by atoms with E-state index in [-0.39, 0.29) is 22.5 Å². The molecule has 1 aliphatic heterocycles. The number of nitrogens with zero attached hydrogens (tertiary/aromatic N) is 1. The summed E-state index contributed by atoms with van der Waals surface area (Å²) in [6.07, 6.45) is 1.18. The highest BCUT2D eigenvalue weighted by molar-refractivity contribution is 8.04. The first-order valence-corrected chi connectivity index (χ1v) is 11.9. The molecule has 1 fully saturated rings. The molecule has 1 heterocycles. The van der Waals surface area contributed by atoms with E-state index in [0.29, 0.717) is 17.2 Å². The Kier molecular flexibility index (Phi) is 6.46. The summed E-state index contributed by atoms with van der Waals surface area (Å²) < 4.78 is 11.3. The molecule has 1 aliphatic rings. The maximum Gasteiger partial charge on any atom is 0.344 e. The number of rotatable bonds is 3. The number of aromatic hydroxyl groups is 1. The first-order valence-electron chi connectivity index (χ1n) is 9.16. The number of hydrogen-bond acceptors (Lipinski definition) is 4. The fourth-order valence-electron chi connectivity index (χ4n) is 3.08. The molecule has 0 radical (unpaired) electrons. The van der Waals surface area contributed by atoms with Crippen molar-refractivity contribution in [2.24, 2.45) is 0 Å². The molecule has 8 heteroatoms. The molecule has 2 rings (SSSR count). The van der Waals surface area contributed by atoms with Crippen molar-refractivity contribution in [2.45, 2.75) is 52.4 Å². The second-order valence-electron chi connectivity index (χ2n) is 9.20. The van der Waals surface area contributed by atoms with E-state index < -0.39 is 13.9 Å². The molecule has 0 spiro atoms. The van der Waals surface area contributed by atoms with Crippen molar-refractivity contribution < 1.29 is 24.3 Å². The molecule has 0 aliphatic carbocycles. The normalized spacial score (nSPS) is 18.1. The van der Waals surface area contributed by atoms with Gasteiger partial charge in [-0.2, -0.15) is 0 Å². The maximum absolute atomic E-state index is 12.7. The predicted molar refractivity (Wildman–Crippen MR) is 115 cm³/mol. The van der Waals surface area contributed by atoms with Gasteiger partial charge in [0.05, 0.1) is 4.91 Å². The minimum atomic E-state index is -4.31. The number of phenols is 1. The van der Waals surface area contributed by atoms with Crippen molar-refractivity contribution in [3.05, 3.63) is 33.7 Å². The monoisotopic (exact) mass is 427 g/mol. The Morgan fingerprint density at radius 1 is 1.11 bits per heavy atom. The van der Waals surface area contributed by atoms with E-state index in [4.69, 9.17) is 0 Å². The van der Waals surface area contributed by atoms with Gasteiger partial charge in [0.2, 0.25) is 0 Å². The zero-order valence-corrected chi connectivity index (χ0v) is 19.0. The lowest BCUT2D eigenvalue weighted by Gasteiger charge is -2.29. The molecule has 0 unspecified atom stereocenters. The first kappa shape index (κ1) is 23.0. The summed E-state index contributed by atoms with van der Waals surface area (Å²) in [6, 6.07) is 3.76. The Morgan fingerprint density at radius 2 is 1.61 bits per heavy atom. The molecule has 1 saturated heterocycles. The number of thioether (sulfide) groups is 1. The van der Waals surface area contributed by atoms with Crippen LogP contribution < -0.4 is 0 Å². The molecule has 3 N–H and O–H groups in total. The number of carbonyl (C=O) groups excluding carboxylic acids is 1. The van der Waals surface area contributed by atoms with Crippen LogP contribution in [-0.2, 0) is 20.2 Å². The number of phenolic OH excluding ortho intramolecular Hbond substituents is 1. The molecule has 1 amide bonds. The molecular formula is C20H30NO5PS. The Labute approximate surface area is 171 Å². The van der Waals surface area contributed by atoms with Crippen LogP contribution in [0.15, 0.2) is 17.0 Å². The Bertz CT molecular complexity index is 810. The van der Waals surface area contributed by atoms with Crippen molar-refractivity contribution in [1.82, 2.24) is 4.90 Å². The average Bonchev–Trinajstić information content (AvgIpc) is 2.49. The average molecular weight is 428 g/mol. The Hall–Kier alpha value is -1.27. The summed E-state index contributed by atoms with van der Waals surface area (Å²) in [4.78, 5) is 32.8. The van der Waals surface area contributed by atoms with Gasteiger partial charge in [-0.15, -0.1) is 11.8 Å². The van der Waals surface area contributed by atoms with Crippen LogP contribution in [0.5, 0.6) is 5.75 Å². The van der Waals surface area contributed by atoms with Gasteiger partial charge in [-0.05, 0) is 34.6 Å². The number of carbonyl (C=O) groups is 1. The van der Waals surface area contributed by atoms with Crippen LogP contribution in [0.2, 0.25) is 0 Å². The number of hydrogen-bond donors (Lipinski definition) is 3. The molecule has 0 aromatic heterocycles. The zero-order chi connectivity index (χ0) is 21.5. The predicted octanol–water partition coefficient (Wildman–Crippen LogP) is 4.04. The zero-order valence-electron chi connectivity index (χ0n) is 17.3. The molecule has 156 valence electrons. The van der Waals surface area contributed by atoms with E-state index >= 15 is 0 Å². The van der Waals surface area contributed by atoms with Crippen LogP contribution in [0, 0.1) is 0 Å². The largest absolute Gasteiger partial charge is 0.507 e. The summed E-state index contributed by atoms with van der Waals surface area (Å²) in [5.41, 5.74) is 1.82. The molecule has 0 bridgehead atoms. The third-order valence-corrected chi connectivity index (χ3v) is 6.22. The standard InChI is InChI=1S/C20H30NO5PS/c1-19(2,3)14-9-13(10-15(17(14)22)20(4,5)6)11-16-18(23)21(7-8-28-16)12-27(24,25)26/h9-11,22H,7-8,12H2,1-6H3,(H2,24,25,26)/b16-11+. The van der Waals surface area contributed by atoms with E-state index in [9.17, 15) is 24.3 Å². The van der Waals surface area contributed by atoms with Crippen LogP contribution >= 0.6 is 19.4 Å². The molecule has 28 heavy (non-hydrogen) atoms. The molecule has 6 nitrogen and oxygen atoms in total. The lowest BCUT2D eigenvalue weighted by atomic mass is 9.78. The highest BCUT2D eigenvalue weighted by Gasteiger charge is 2.30. The van der Waals surface area contributed by atoms with Crippen LogP contribution in [-0.4, -0.2) is 44.3 Å². The van der Waals surface area contributed by atoms with Gasteiger partial charge in [0.25, 0.3) is 5.91 Å². The van der Waals surface area contributed by atoms with Gasteiger partial charge in [0.1, 0.15) is 12.0 Å². The highest BCUT2D eigenvalue weighted by atomic mass is 32.2. The van der Waals surface area contributed by atoms with Crippen LogP contribution in [0.25, 0.3) is 6.08 Å². The Balaban J connectivity index is 2.52. The highest BCUT2D eigenvalue weighted by Crippen LogP contribution is 2.41. The summed E-state index contributed by atoms with van der Waals surface area (Å²) in [5, 5.41) is 10.8. The van der Waals surface area contributed by atoms with Gasteiger partial charge in [-0.1, -0.05) is 41.5 Å². The number of benzene rings is 1. The Morgan fingerprint density at radius 3 is 2.04 bits per heavy atom. The summed E-state index contributed by atoms with van der Waals surface area (Å²) in [6.45, 7) is 12.4. The molecule has 0 saturated carbocycles. The number of amides is 1. The quantitative estimate of drug-likeness (QED) is 0.498. The fraction of sp³-hybridized carbons (Fsp3) is 0.550. The first-order chi connectivity index (χ1) is 12.6. The van der Waals surface area contributed by atoms with Crippen LogP contribution in [0.3, 0.4) is 0 Å². The second-order valence-corrected chi connectivity index (χ2v) is 11.9. The van der Waals surface area contributed by atoms with E-state index in [1.54, 1.807) is 6.08 Å². The topological polar surface area (TPSA) is 98.1 Å². The minimum absolute atomic E-state index is 0.271. The summed E-state index contributed by atoms with van der Waals surface area (Å²) in [5.74, 6) is 0.476. The molecule has 0 atom stereocenters. The van der Waals surface area contributed by atoms with Gasteiger partial charge < -0.3 is 19.8 Å². The van der Waals surface area contributed by atoms with Gasteiger partial charge in [-0.3, -0.25) is 9.36 Å². The molecular weight excluding hydrogens is 397 g/mol. The van der Waals surface area contributed by atoms with Crippen molar-refractivity contribution in [1.29, 1.82) is 0 Å². The van der Waals surface area contributed by atoms with E-state index in [0.717, 1.165) is 16.7 Å².